The van der Waals surface area contributed by atoms with E-state index < -0.39 is 5.54 Å². The fourth-order valence-electron chi connectivity index (χ4n) is 6.63. The fourth-order valence-corrected chi connectivity index (χ4v) is 6.63. The molecular weight excluding hydrogens is 310 g/mol. The lowest BCUT2D eigenvalue weighted by Gasteiger charge is -2.44. The largest absolute Gasteiger partial charge is 0.461 e. The van der Waals surface area contributed by atoms with Crippen LogP contribution in [-0.2, 0) is 9.53 Å². The second-order valence-electron chi connectivity index (χ2n) is 9.66. The van der Waals surface area contributed by atoms with Crippen LogP contribution in [-0.4, -0.2) is 34.6 Å². The quantitative estimate of drug-likeness (QED) is 0.667. The van der Waals surface area contributed by atoms with Crippen molar-refractivity contribution < 1.29 is 9.53 Å². The number of hydrogen-bond donors (Lipinski definition) is 0. The van der Waals surface area contributed by atoms with E-state index in [1.54, 1.807) is 0 Å². The van der Waals surface area contributed by atoms with Crippen molar-refractivity contribution in [2.24, 2.45) is 11.8 Å². The van der Waals surface area contributed by atoms with Crippen molar-refractivity contribution in [2.45, 2.75) is 121 Å². The highest BCUT2D eigenvalue weighted by molar-refractivity contribution is 5.80. The molecule has 0 amide bonds. The Morgan fingerprint density at radius 3 is 1.80 bits per heavy atom. The van der Waals surface area contributed by atoms with Gasteiger partial charge in [-0.25, -0.2) is 0 Å². The van der Waals surface area contributed by atoms with Crippen LogP contribution in [0.1, 0.15) is 97.3 Å². The van der Waals surface area contributed by atoms with Crippen LogP contribution in [0.15, 0.2) is 0 Å². The normalized spacial score (nSPS) is 37.4. The van der Waals surface area contributed by atoms with Gasteiger partial charge in [0.05, 0.1) is 0 Å². The summed E-state index contributed by atoms with van der Waals surface area (Å²) < 4.78 is 6.05. The van der Waals surface area contributed by atoms with Crippen LogP contribution in [0.3, 0.4) is 0 Å². The van der Waals surface area contributed by atoms with Gasteiger partial charge in [-0.05, 0) is 77.0 Å². The maximum absolute atomic E-state index is 13.2. The van der Waals surface area contributed by atoms with Gasteiger partial charge in [-0.15, -0.1) is 0 Å². The molecule has 4 fully saturated rings. The van der Waals surface area contributed by atoms with Crippen LogP contribution >= 0.6 is 0 Å². The van der Waals surface area contributed by atoms with Crippen LogP contribution in [0.2, 0.25) is 0 Å². The Hall–Kier alpha value is -0.570. The molecule has 25 heavy (non-hydrogen) atoms. The molecule has 3 heteroatoms. The van der Waals surface area contributed by atoms with E-state index in [1.165, 1.54) is 70.6 Å². The van der Waals surface area contributed by atoms with Crippen molar-refractivity contribution in [1.82, 2.24) is 4.90 Å². The van der Waals surface area contributed by atoms with E-state index in [9.17, 15) is 4.79 Å². The zero-order valence-corrected chi connectivity index (χ0v) is 16.3. The zero-order valence-electron chi connectivity index (χ0n) is 16.3. The first kappa shape index (κ1) is 17.8. The second-order valence-corrected chi connectivity index (χ2v) is 9.66. The minimum atomic E-state index is -0.464. The van der Waals surface area contributed by atoms with Crippen molar-refractivity contribution in [3.8, 4) is 0 Å². The minimum Gasteiger partial charge on any atom is -0.461 e. The van der Waals surface area contributed by atoms with E-state index in [-0.39, 0.29) is 12.1 Å². The van der Waals surface area contributed by atoms with Gasteiger partial charge in [-0.3, -0.25) is 9.69 Å². The molecule has 3 saturated carbocycles. The Kier molecular flexibility index (Phi) is 5.14. The Bertz CT molecular complexity index is 460. The second kappa shape index (κ2) is 7.21. The number of esters is 1. The van der Waals surface area contributed by atoms with E-state index in [4.69, 9.17) is 4.74 Å². The summed E-state index contributed by atoms with van der Waals surface area (Å²) in [6.45, 7) is 4.31. The first-order valence-electron chi connectivity index (χ1n) is 11.1. The van der Waals surface area contributed by atoms with E-state index >= 15 is 0 Å². The topological polar surface area (TPSA) is 29.5 Å². The summed E-state index contributed by atoms with van der Waals surface area (Å²) in [4.78, 5) is 15.9. The molecule has 0 aromatic rings. The summed E-state index contributed by atoms with van der Waals surface area (Å²) in [5.41, 5.74) is -0.464. The molecule has 4 unspecified atom stereocenters. The smallest absolute Gasteiger partial charge is 0.326 e. The molecule has 4 atom stereocenters. The van der Waals surface area contributed by atoms with E-state index in [1.807, 2.05) is 0 Å². The molecule has 0 aromatic heterocycles. The number of carbonyl (C=O) groups is 1. The third kappa shape index (κ3) is 3.26. The third-order valence-electron chi connectivity index (χ3n) is 7.80. The Balaban J connectivity index is 1.53. The van der Waals surface area contributed by atoms with Gasteiger partial charge in [0, 0.05) is 12.1 Å². The molecule has 3 nitrogen and oxygen atoms in total. The molecule has 1 saturated heterocycles. The number of likely N-dealkylation sites (tertiary alicyclic amines) is 1. The lowest BCUT2D eigenvalue weighted by molar-refractivity contribution is -0.166. The first-order chi connectivity index (χ1) is 12.1. The number of rotatable bonds is 3. The van der Waals surface area contributed by atoms with Gasteiger partial charge in [0.15, 0.2) is 0 Å². The van der Waals surface area contributed by atoms with Gasteiger partial charge in [0.1, 0.15) is 11.6 Å². The van der Waals surface area contributed by atoms with E-state index in [0.717, 1.165) is 24.7 Å². The summed E-state index contributed by atoms with van der Waals surface area (Å²) in [5.74, 6) is 1.72. The SMILES string of the molecule is CC(C)(C(=O)OC1CCCCC1)N1C2CCCCC2C2CCCCC21. The Morgan fingerprint density at radius 2 is 1.24 bits per heavy atom. The van der Waals surface area contributed by atoms with Crippen LogP contribution in [0.25, 0.3) is 0 Å². The number of carbonyl (C=O) groups excluding carboxylic acids is 1. The zero-order chi connectivity index (χ0) is 17.4. The van der Waals surface area contributed by atoms with Crippen LogP contribution in [0, 0.1) is 11.8 Å². The maximum Gasteiger partial charge on any atom is 0.326 e. The Morgan fingerprint density at radius 1 is 0.760 bits per heavy atom. The number of ether oxygens (including phenoxy) is 1. The summed E-state index contributed by atoms with van der Waals surface area (Å²) in [7, 11) is 0. The number of nitrogens with zero attached hydrogens (tertiary/aromatic N) is 1. The molecule has 1 heterocycles. The van der Waals surface area contributed by atoms with Crippen LogP contribution in [0.5, 0.6) is 0 Å². The van der Waals surface area contributed by atoms with E-state index in [0.29, 0.717) is 12.1 Å². The van der Waals surface area contributed by atoms with Crippen molar-refractivity contribution in [3.63, 3.8) is 0 Å². The molecule has 0 spiro atoms. The van der Waals surface area contributed by atoms with Crippen molar-refractivity contribution in [2.75, 3.05) is 0 Å². The number of hydrogen-bond acceptors (Lipinski definition) is 3. The fraction of sp³-hybridized carbons (Fsp3) is 0.955. The molecular formula is C22H37NO2. The van der Waals surface area contributed by atoms with Gasteiger partial charge in [0.25, 0.3) is 0 Å². The predicted molar refractivity (Wildman–Crippen MR) is 100 cm³/mol. The molecule has 0 N–H and O–H groups in total. The van der Waals surface area contributed by atoms with Gasteiger partial charge >= 0.3 is 5.97 Å². The van der Waals surface area contributed by atoms with Gasteiger partial charge < -0.3 is 4.74 Å². The minimum absolute atomic E-state index is 0.0509. The molecule has 0 radical (unpaired) electrons. The van der Waals surface area contributed by atoms with E-state index in [2.05, 4.69) is 18.7 Å². The standard InChI is InChI=1S/C22H37NO2/c1-22(2,21(24)25-16-10-4-3-5-11-16)23-19-14-8-6-12-17(19)18-13-7-9-15-20(18)23/h16-20H,3-15H2,1-2H3. The third-order valence-corrected chi connectivity index (χ3v) is 7.80. The Labute approximate surface area is 153 Å². The molecule has 0 bridgehead atoms. The van der Waals surface area contributed by atoms with Crippen LogP contribution < -0.4 is 0 Å². The van der Waals surface area contributed by atoms with Crippen molar-refractivity contribution >= 4 is 5.97 Å². The van der Waals surface area contributed by atoms with Gasteiger partial charge in [0.2, 0.25) is 0 Å². The van der Waals surface area contributed by atoms with Gasteiger partial charge in [-0.2, -0.15) is 0 Å². The predicted octanol–water partition coefficient (Wildman–Crippen LogP) is 5.07. The molecule has 0 aromatic carbocycles. The molecule has 142 valence electrons. The summed E-state index contributed by atoms with van der Waals surface area (Å²) in [6, 6.07) is 1.24. The highest BCUT2D eigenvalue weighted by Crippen LogP contribution is 2.51. The average molecular weight is 348 g/mol. The highest BCUT2D eigenvalue weighted by Gasteiger charge is 2.56. The summed E-state index contributed by atoms with van der Waals surface area (Å²) >= 11 is 0. The molecule has 3 aliphatic carbocycles. The van der Waals surface area contributed by atoms with Gasteiger partial charge in [-0.1, -0.05) is 32.1 Å². The molecule has 1 aliphatic heterocycles. The lowest BCUT2D eigenvalue weighted by atomic mass is 9.73. The van der Waals surface area contributed by atoms with Crippen LogP contribution in [0.4, 0.5) is 0 Å². The maximum atomic E-state index is 13.2. The molecule has 4 aliphatic rings. The number of fused-ring (bicyclic) bond motifs is 3. The first-order valence-corrected chi connectivity index (χ1v) is 11.1. The highest BCUT2D eigenvalue weighted by atomic mass is 16.5. The van der Waals surface area contributed by atoms with Crippen molar-refractivity contribution in [1.29, 1.82) is 0 Å². The van der Waals surface area contributed by atoms with Crippen molar-refractivity contribution in [3.05, 3.63) is 0 Å². The summed E-state index contributed by atoms with van der Waals surface area (Å²) in [6.07, 6.45) is 16.9. The lowest BCUT2D eigenvalue weighted by Crippen LogP contribution is -2.58. The molecule has 4 rings (SSSR count). The summed E-state index contributed by atoms with van der Waals surface area (Å²) in [5, 5.41) is 0. The monoisotopic (exact) mass is 347 g/mol. The average Bonchev–Trinajstić information content (AvgIpc) is 2.98.